The molecule has 0 atom stereocenters. The number of hydrogen-bond acceptors (Lipinski definition) is 1. The average Bonchev–Trinajstić information content (AvgIpc) is 2.00. The van der Waals surface area contributed by atoms with Gasteiger partial charge in [0.15, 0.2) is 17.4 Å². The lowest BCUT2D eigenvalue weighted by Crippen LogP contribution is -2.17. The van der Waals surface area contributed by atoms with Gasteiger partial charge in [0.1, 0.15) is 5.82 Å². The molecule has 0 aliphatic heterocycles. The first-order valence-corrected chi connectivity index (χ1v) is 4.51. The molecule has 0 aliphatic rings. The van der Waals surface area contributed by atoms with Crippen LogP contribution in [0.5, 0.6) is 5.75 Å². The summed E-state index contributed by atoms with van der Waals surface area (Å²) in [7, 11) is 1.14. The van der Waals surface area contributed by atoms with Gasteiger partial charge in [-0.15, -0.1) is 0 Å². The van der Waals surface area contributed by atoms with Gasteiger partial charge in [0.25, 0.3) is 0 Å². The maximum atomic E-state index is 13.7. The standard InChI is InChI=1S/C11H13F3O/c1-11(2,3)8-6(12)5-7(13)10(15-4)9(8)14/h5H,1-4H3. The lowest BCUT2D eigenvalue weighted by Gasteiger charge is -2.21. The molecule has 0 aromatic heterocycles. The first kappa shape index (κ1) is 11.9. The van der Waals surface area contributed by atoms with Crippen molar-refractivity contribution in [2.75, 3.05) is 7.11 Å². The Kier molecular flexibility index (Phi) is 2.98. The Morgan fingerprint density at radius 3 is 2.00 bits per heavy atom. The van der Waals surface area contributed by atoms with Crippen LogP contribution in [0.4, 0.5) is 13.2 Å². The molecular formula is C11H13F3O. The predicted molar refractivity (Wildman–Crippen MR) is 51.6 cm³/mol. The SMILES string of the molecule is COc1c(F)cc(F)c(C(C)(C)C)c1F. The third-order valence-corrected chi connectivity index (χ3v) is 2.08. The highest BCUT2D eigenvalue weighted by atomic mass is 19.1. The fourth-order valence-corrected chi connectivity index (χ4v) is 1.45. The van der Waals surface area contributed by atoms with Crippen molar-refractivity contribution in [3.63, 3.8) is 0 Å². The Balaban J connectivity index is 3.53. The molecular weight excluding hydrogens is 205 g/mol. The smallest absolute Gasteiger partial charge is 0.190 e. The lowest BCUT2D eigenvalue weighted by molar-refractivity contribution is 0.345. The fourth-order valence-electron chi connectivity index (χ4n) is 1.45. The van der Waals surface area contributed by atoms with Crippen LogP contribution in [0, 0.1) is 17.5 Å². The third-order valence-electron chi connectivity index (χ3n) is 2.08. The summed E-state index contributed by atoms with van der Waals surface area (Å²) >= 11 is 0. The quantitative estimate of drug-likeness (QED) is 0.701. The molecule has 0 radical (unpaired) electrons. The molecule has 1 nitrogen and oxygen atoms in total. The van der Waals surface area contributed by atoms with Crippen molar-refractivity contribution >= 4 is 0 Å². The Labute approximate surface area is 86.9 Å². The summed E-state index contributed by atoms with van der Waals surface area (Å²) in [4.78, 5) is 0. The average molecular weight is 218 g/mol. The van der Waals surface area contributed by atoms with Gasteiger partial charge in [0.05, 0.1) is 7.11 Å². The molecule has 0 fully saturated rings. The molecule has 0 aliphatic carbocycles. The molecule has 0 saturated carbocycles. The first-order valence-electron chi connectivity index (χ1n) is 4.51. The maximum absolute atomic E-state index is 13.7. The summed E-state index contributed by atoms with van der Waals surface area (Å²) in [6.45, 7) is 4.93. The van der Waals surface area contributed by atoms with Crippen LogP contribution >= 0.6 is 0 Å². The van der Waals surface area contributed by atoms with E-state index in [0.29, 0.717) is 6.07 Å². The second-order valence-corrected chi connectivity index (χ2v) is 4.31. The van der Waals surface area contributed by atoms with Crippen LogP contribution in [-0.2, 0) is 5.41 Å². The van der Waals surface area contributed by atoms with Crippen molar-refractivity contribution in [2.24, 2.45) is 0 Å². The highest BCUT2D eigenvalue weighted by Crippen LogP contribution is 2.34. The van der Waals surface area contributed by atoms with Crippen LogP contribution in [0.15, 0.2) is 6.07 Å². The number of rotatable bonds is 1. The molecule has 0 amide bonds. The zero-order valence-electron chi connectivity index (χ0n) is 9.12. The van der Waals surface area contributed by atoms with E-state index in [1.807, 2.05) is 0 Å². The summed E-state index contributed by atoms with van der Waals surface area (Å²) in [6, 6.07) is 0.641. The first-order chi connectivity index (χ1) is 6.79. The van der Waals surface area contributed by atoms with E-state index >= 15 is 0 Å². The summed E-state index contributed by atoms with van der Waals surface area (Å²) in [6.07, 6.45) is 0. The Bertz CT molecular complexity index is 380. The number of methoxy groups -OCH3 is 1. The van der Waals surface area contributed by atoms with E-state index in [4.69, 9.17) is 0 Å². The predicted octanol–water partition coefficient (Wildman–Crippen LogP) is 3.41. The van der Waals surface area contributed by atoms with E-state index in [0.717, 1.165) is 7.11 Å². The van der Waals surface area contributed by atoms with Gasteiger partial charge >= 0.3 is 0 Å². The van der Waals surface area contributed by atoms with Crippen molar-refractivity contribution in [2.45, 2.75) is 26.2 Å². The molecule has 4 heteroatoms. The van der Waals surface area contributed by atoms with E-state index < -0.39 is 28.6 Å². The topological polar surface area (TPSA) is 9.23 Å². The minimum absolute atomic E-state index is 0.166. The Morgan fingerprint density at radius 1 is 1.07 bits per heavy atom. The zero-order chi connectivity index (χ0) is 11.8. The van der Waals surface area contributed by atoms with Gasteiger partial charge in [-0.1, -0.05) is 20.8 Å². The van der Waals surface area contributed by atoms with Crippen LogP contribution in [0.2, 0.25) is 0 Å². The minimum atomic E-state index is -1.03. The van der Waals surface area contributed by atoms with E-state index in [-0.39, 0.29) is 5.56 Å². The summed E-state index contributed by atoms with van der Waals surface area (Å²) in [5.41, 5.74) is -0.907. The van der Waals surface area contributed by atoms with Crippen LogP contribution < -0.4 is 4.74 Å². The number of hydrogen-bond donors (Lipinski definition) is 0. The summed E-state index contributed by atoms with van der Waals surface area (Å²) in [5, 5.41) is 0. The summed E-state index contributed by atoms with van der Waals surface area (Å²) < 4.78 is 44.7. The second kappa shape index (κ2) is 3.76. The number of benzene rings is 1. The number of ether oxygens (including phenoxy) is 1. The van der Waals surface area contributed by atoms with E-state index in [9.17, 15) is 13.2 Å². The Morgan fingerprint density at radius 2 is 1.60 bits per heavy atom. The third kappa shape index (κ3) is 2.08. The van der Waals surface area contributed by atoms with Crippen LogP contribution in [0.3, 0.4) is 0 Å². The molecule has 0 unspecified atom stereocenters. The lowest BCUT2D eigenvalue weighted by atomic mass is 9.86. The van der Waals surface area contributed by atoms with Gasteiger partial charge in [0.2, 0.25) is 0 Å². The van der Waals surface area contributed by atoms with Crippen molar-refractivity contribution in [3.8, 4) is 5.75 Å². The van der Waals surface area contributed by atoms with Crippen LogP contribution in [0.25, 0.3) is 0 Å². The van der Waals surface area contributed by atoms with Crippen molar-refractivity contribution in [1.82, 2.24) is 0 Å². The maximum Gasteiger partial charge on any atom is 0.190 e. The normalized spacial score (nSPS) is 11.7. The molecule has 1 rings (SSSR count). The second-order valence-electron chi connectivity index (χ2n) is 4.31. The van der Waals surface area contributed by atoms with Crippen LogP contribution in [0.1, 0.15) is 26.3 Å². The molecule has 0 saturated heterocycles. The highest BCUT2D eigenvalue weighted by Gasteiger charge is 2.27. The van der Waals surface area contributed by atoms with Gasteiger partial charge < -0.3 is 4.74 Å². The molecule has 1 aromatic rings. The van der Waals surface area contributed by atoms with Crippen LogP contribution in [-0.4, -0.2) is 7.11 Å². The van der Waals surface area contributed by atoms with E-state index in [1.54, 1.807) is 20.8 Å². The molecule has 0 heterocycles. The van der Waals surface area contributed by atoms with Gasteiger partial charge in [-0.3, -0.25) is 0 Å². The largest absolute Gasteiger partial charge is 0.491 e. The van der Waals surface area contributed by atoms with Crippen molar-refractivity contribution < 1.29 is 17.9 Å². The summed E-state index contributed by atoms with van der Waals surface area (Å²) in [5.74, 6) is -3.43. The zero-order valence-corrected chi connectivity index (χ0v) is 9.12. The molecule has 15 heavy (non-hydrogen) atoms. The highest BCUT2D eigenvalue weighted by molar-refractivity contribution is 5.37. The minimum Gasteiger partial charge on any atom is -0.491 e. The molecule has 0 N–H and O–H groups in total. The monoisotopic (exact) mass is 218 g/mol. The van der Waals surface area contributed by atoms with E-state index in [2.05, 4.69) is 4.74 Å². The van der Waals surface area contributed by atoms with Crippen molar-refractivity contribution in [3.05, 3.63) is 29.1 Å². The molecule has 0 spiro atoms. The molecule has 1 aromatic carbocycles. The fraction of sp³-hybridized carbons (Fsp3) is 0.455. The Hall–Kier alpha value is -1.19. The van der Waals surface area contributed by atoms with Gasteiger partial charge in [-0.2, -0.15) is 0 Å². The van der Waals surface area contributed by atoms with Crippen molar-refractivity contribution in [1.29, 1.82) is 0 Å². The van der Waals surface area contributed by atoms with Gasteiger partial charge in [-0.25, -0.2) is 13.2 Å². The van der Waals surface area contributed by atoms with Gasteiger partial charge in [0, 0.05) is 11.6 Å². The van der Waals surface area contributed by atoms with Gasteiger partial charge in [-0.05, 0) is 5.41 Å². The molecule has 84 valence electrons. The number of halogens is 3. The van der Waals surface area contributed by atoms with E-state index in [1.165, 1.54) is 0 Å². The molecule has 0 bridgehead atoms.